The second kappa shape index (κ2) is 13.3. The Morgan fingerprint density at radius 3 is 2.36 bits per heavy atom. The van der Waals surface area contributed by atoms with E-state index in [9.17, 15) is 14.4 Å². The van der Waals surface area contributed by atoms with Crippen LogP contribution in [0.1, 0.15) is 123 Å². The van der Waals surface area contributed by atoms with Gasteiger partial charge in [0.15, 0.2) is 0 Å². The number of aromatic nitrogens is 2. The zero-order valence-corrected chi connectivity index (χ0v) is 24.6. The molecule has 2 heterocycles. The first-order valence-electron chi connectivity index (χ1n) is 15.7. The lowest BCUT2D eigenvalue weighted by molar-refractivity contribution is -0.142. The summed E-state index contributed by atoms with van der Waals surface area (Å²) in [5, 5.41) is 0. The minimum absolute atomic E-state index is 0.0262. The molecule has 3 fully saturated rings. The molecular weight excluding hydrogens is 488 g/mol. The van der Waals surface area contributed by atoms with Gasteiger partial charge < -0.3 is 4.74 Å². The average Bonchev–Trinajstić information content (AvgIpc) is 3.19. The van der Waals surface area contributed by atoms with Crippen molar-refractivity contribution in [3.63, 3.8) is 0 Å². The first-order valence-corrected chi connectivity index (χ1v) is 15.7. The van der Waals surface area contributed by atoms with Crippen LogP contribution in [-0.2, 0) is 22.6 Å². The highest BCUT2D eigenvalue weighted by atomic mass is 16.6. The van der Waals surface area contributed by atoms with Gasteiger partial charge in [-0.1, -0.05) is 84.3 Å². The number of ether oxygens (including phenoxy) is 1. The van der Waals surface area contributed by atoms with Gasteiger partial charge in [-0.25, -0.2) is 9.59 Å². The minimum Gasteiger partial charge on any atom is -0.458 e. The molecule has 0 radical (unpaired) electrons. The molecule has 1 aromatic heterocycles. The summed E-state index contributed by atoms with van der Waals surface area (Å²) in [6.07, 6.45) is 19.1. The second-order valence-corrected chi connectivity index (χ2v) is 12.7. The number of carbonyl (C=O) groups excluding carboxylic acids is 1. The molecule has 0 spiro atoms. The number of unbranched alkanes of at least 4 members (excludes halogenated alkanes) is 8. The lowest BCUT2D eigenvalue weighted by atomic mass is 9.56. The van der Waals surface area contributed by atoms with Crippen LogP contribution in [0.25, 0.3) is 6.08 Å². The fourth-order valence-electron chi connectivity index (χ4n) is 7.30. The van der Waals surface area contributed by atoms with Crippen molar-refractivity contribution >= 4 is 12.0 Å². The highest BCUT2D eigenvalue weighted by Gasteiger charge is 2.53. The molecule has 0 amide bonds. The summed E-state index contributed by atoms with van der Waals surface area (Å²) in [4.78, 5) is 40.1. The van der Waals surface area contributed by atoms with Crippen molar-refractivity contribution in [2.45, 2.75) is 136 Å². The van der Waals surface area contributed by atoms with Gasteiger partial charge in [0.25, 0.3) is 5.56 Å². The molecule has 0 unspecified atom stereocenters. The molecule has 1 aliphatic heterocycles. The van der Waals surface area contributed by atoms with Crippen LogP contribution >= 0.6 is 0 Å². The highest BCUT2D eigenvalue weighted by Crippen LogP contribution is 2.56. The Morgan fingerprint density at radius 1 is 1.00 bits per heavy atom. The van der Waals surface area contributed by atoms with E-state index in [0.717, 1.165) is 77.0 Å². The van der Waals surface area contributed by atoms with Gasteiger partial charge in [-0.2, -0.15) is 0 Å². The molecule has 216 valence electrons. The molecule has 0 bridgehead atoms. The highest BCUT2D eigenvalue weighted by molar-refractivity contribution is 5.96. The van der Waals surface area contributed by atoms with Crippen molar-refractivity contribution in [1.82, 2.24) is 9.13 Å². The minimum atomic E-state index is -0.305. The van der Waals surface area contributed by atoms with Crippen molar-refractivity contribution in [3.05, 3.63) is 50.3 Å². The van der Waals surface area contributed by atoms with Crippen molar-refractivity contribution in [3.8, 4) is 0 Å². The van der Waals surface area contributed by atoms with E-state index in [2.05, 4.69) is 27.4 Å². The number of rotatable bonds is 13. The van der Waals surface area contributed by atoms with Crippen LogP contribution in [0.2, 0.25) is 0 Å². The van der Waals surface area contributed by atoms with E-state index in [1.807, 2.05) is 0 Å². The summed E-state index contributed by atoms with van der Waals surface area (Å²) in [6.45, 7) is 12.1. The third-order valence-electron chi connectivity index (χ3n) is 9.64. The van der Waals surface area contributed by atoms with E-state index in [1.54, 1.807) is 16.8 Å². The Bertz CT molecular complexity index is 1180. The van der Waals surface area contributed by atoms with Crippen molar-refractivity contribution < 1.29 is 9.53 Å². The third kappa shape index (κ3) is 6.69. The first kappa shape index (κ1) is 29.6. The molecule has 0 aromatic carbocycles. The van der Waals surface area contributed by atoms with Crippen molar-refractivity contribution in [2.75, 3.05) is 0 Å². The van der Waals surface area contributed by atoms with Crippen molar-refractivity contribution in [2.24, 2.45) is 17.3 Å². The predicted molar refractivity (Wildman–Crippen MR) is 158 cm³/mol. The maximum Gasteiger partial charge on any atom is 0.334 e. The number of fused-ring (bicyclic) bond motifs is 2. The number of nitrogens with zero attached hydrogens (tertiary/aromatic N) is 2. The van der Waals surface area contributed by atoms with Crippen LogP contribution in [0.3, 0.4) is 0 Å². The molecule has 6 heteroatoms. The van der Waals surface area contributed by atoms with Gasteiger partial charge in [-0.05, 0) is 62.4 Å². The smallest absolute Gasteiger partial charge is 0.334 e. The van der Waals surface area contributed by atoms with Gasteiger partial charge in [0.05, 0.1) is 5.56 Å². The van der Waals surface area contributed by atoms with E-state index in [4.69, 9.17) is 4.74 Å². The summed E-state index contributed by atoms with van der Waals surface area (Å²) >= 11 is 0. The first-order chi connectivity index (χ1) is 18.8. The molecule has 6 nitrogen and oxygen atoms in total. The van der Waals surface area contributed by atoms with Gasteiger partial charge in [0, 0.05) is 30.8 Å². The van der Waals surface area contributed by atoms with Gasteiger partial charge in [0.1, 0.15) is 6.10 Å². The van der Waals surface area contributed by atoms with E-state index in [-0.39, 0.29) is 34.7 Å². The molecule has 1 aromatic rings. The van der Waals surface area contributed by atoms with Crippen LogP contribution in [0.5, 0.6) is 0 Å². The van der Waals surface area contributed by atoms with Gasteiger partial charge in [-0.15, -0.1) is 0 Å². The van der Waals surface area contributed by atoms with Crippen LogP contribution < -0.4 is 11.2 Å². The summed E-state index contributed by atoms with van der Waals surface area (Å²) < 4.78 is 9.02. The van der Waals surface area contributed by atoms with Gasteiger partial charge in [0.2, 0.25) is 0 Å². The SMILES string of the molecule is C=C1CCC[C@]2(C)C[C@H]3OC(=O)/C(=C/c4cn(CCCCCCC)c(=O)n(CCCCCCC)c4=O)[C@H]3C[C@@H]12. The monoisotopic (exact) mass is 538 g/mol. The lowest BCUT2D eigenvalue weighted by Gasteiger charge is -2.49. The van der Waals surface area contributed by atoms with Gasteiger partial charge >= 0.3 is 11.7 Å². The Morgan fingerprint density at radius 2 is 1.67 bits per heavy atom. The molecule has 3 aliphatic rings. The Balaban J connectivity index is 1.62. The number of hydrogen-bond donors (Lipinski definition) is 0. The van der Waals surface area contributed by atoms with Crippen molar-refractivity contribution in [1.29, 1.82) is 0 Å². The van der Waals surface area contributed by atoms with E-state index in [0.29, 0.717) is 30.1 Å². The molecule has 4 rings (SSSR count). The Hall–Kier alpha value is -2.37. The quantitative estimate of drug-likeness (QED) is 0.117. The summed E-state index contributed by atoms with van der Waals surface area (Å²) in [5.74, 6) is 0.0460. The zero-order chi connectivity index (χ0) is 28.0. The largest absolute Gasteiger partial charge is 0.458 e. The van der Waals surface area contributed by atoms with Crippen LogP contribution in [0.4, 0.5) is 0 Å². The maximum absolute atomic E-state index is 13.6. The number of aryl methyl sites for hydroxylation is 1. The Kier molecular flexibility index (Phi) is 10.1. The molecule has 2 aliphatic carbocycles. The molecule has 2 saturated carbocycles. The molecule has 1 saturated heterocycles. The van der Waals surface area contributed by atoms with E-state index < -0.39 is 0 Å². The molecule has 0 N–H and O–H groups in total. The van der Waals surface area contributed by atoms with Crippen LogP contribution in [-0.4, -0.2) is 21.2 Å². The molecule has 4 atom stereocenters. The molecule has 39 heavy (non-hydrogen) atoms. The van der Waals surface area contributed by atoms with E-state index >= 15 is 0 Å². The fourth-order valence-corrected chi connectivity index (χ4v) is 7.30. The third-order valence-corrected chi connectivity index (χ3v) is 9.64. The molecular formula is C33H50N2O4. The topological polar surface area (TPSA) is 70.3 Å². The zero-order valence-electron chi connectivity index (χ0n) is 24.6. The summed E-state index contributed by atoms with van der Waals surface area (Å²) in [5.41, 5.74) is 1.93. The predicted octanol–water partition coefficient (Wildman–Crippen LogP) is 7.03. The number of hydrogen-bond acceptors (Lipinski definition) is 4. The van der Waals surface area contributed by atoms with Crippen LogP contribution in [0.15, 0.2) is 33.5 Å². The maximum atomic E-state index is 13.6. The fraction of sp³-hybridized carbons (Fsp3) is 0.727. The Labute approximate surface area is 234 Å². The normalized spacial score (nSPS) is 27.5. The number of esters is 1. The lowest BCUT2D eigenvalue weighted by Crippen LogP contribution is -2.43. The van der Waals surface area contributed by atoms with Gasteiger partial charge in [-0.3, -0.25) is 13.9 Å². The number of carbonyl (C=O) groups is 1. The van der Waals surface area contributed by atoms with E-state index in [1.165, 1.54) is 29.4 Å². The summed E-state index contributed by atoms with van der Waals surface area (Å²) in [6, 6.07) is 0. The summed E-state index contributed by atoms with van der Waals surface area (Å²) in [7, 11) is 0. The average molecular weight is 539 g/mol. The van der Waals surface area contributed by atoms with Crippen LogP contribution in [0, 0.1) is 17.3 Å². The standard InChI is InChI=1S/C33H50N2O4/c1-5-7-9-11-13-18-34-23-25(30(36)35(32(34)38)19-14-12-10-8-6-2)20-27-26-21-28-24(3)16-15-17-33(28,4)22-29(26)39-31(27)37/h20,23,26,28-29H,3,5-19,21-22H2,1-2,4H3/b27-20+/t26-,28+,29-,33-/m1/s1. The number of allylic oxidation sites excluding steroid dienone is 1. The second-order valence-electron chi connectivity index (χ2n) is 12.7.